The van der Waals surface area contributed by atoms with Gasteiger partial charge >= 0.3 is 0 Å². The van der Waals surface area contributed by atoms with Crippen LogP contribution >= 0.6 is 0 Å². The van der Waals surface area contributed by atoms with Gasteiger partial charge in [-0.3, -0.25) is 4.98 Å². The zero-order valence-corrected chi connectivity index (χ0v) is 12.7. The topological polar surface area (TPSA) is 31.4 Å². The standard InChI is InChI=1S/C18H21NO2/c1-20-17-11-14-8-9-19-16(15(14)12-18(17)21-2)10-13-6-4-3-5-7-13/h6,8-9,11-12H,3-5,7,10H2,1-2H3. The Hall–Kier alpha value is -2.03. The number of aromatic nitrogens is 1. The third kappa shape index (κ3) is 2.87. The minimum Gasteiger partial charge on any atom is -0.493 e. The molecule has 3 heteroatoms. The van der Waals surface area contributed by atoms with Gasteiger partial charge in [0.15, 0.2) is 11.5 Å². The summed E-state index contributed by atoms with van der Waals surface area (Å²) < 4.78 is 10.8. The molecule has 1 aromatic carbocycles. The lowest BCUT2D eigenvalue weighted by Crippen LogP contribution is -2.00. The fourth-order valence-corrected chi connectivity index (χ4v) is 2.98. The number of rotatable bonds is 4. The number of allylic oxidation sites excluding steroid dienone is 2. The molecule has 0 unspecified atom stereocenters. The molecule has 0 amide bonds. The van der Waals surface area contributed by atoms with Crippen molar-refractivity contribution in [2.75, 3.05) is 14.2 Å². The summed E-state index contributed by atoms with van der Waals surface area (Å²) in [5.41, 5.74) is 2.64. The summed E-state index contributed by atoms with van der Waals surface area (Å²) in [7, 11) is 3.34. The molecule has 0 fully saturated rings. The normalized spacial score (nSPS) is 14.9. The van der Waals surface area contributed by atoms with Crippen LogP contribution in [0.2, 0.25) is 0 Å². The summed E-state index contributed by atoms with van der Waals surface area (Å²) in [6.07, 6.45) is 10.2. The van der Waals surface area contributed by atoms with Crippen molar-refractivity contribution in [1.82, 2.24) is 4.98 Å². The lowest BCUT2D eigenvalue weighted by atomic mass is 9.94. The third-order valence-electron chi connectivity index (χ3n) is 4.13. The number of nitrogens with zero attached hydrogens (tertiary/aromatic N) is 1. The molecule has 1 aliphatic rings. The van der Waals surface area contributed by atoms with Gasteiger partial charge in [-0.1, -0.05) is 11.6 Å². The van der Waals surface area contributed by atoms with Crippen molar-refractivity contribution in [3.05, 3.63) is 41.7 Å². The molecule has 21 heavy (non-hydrogen) atoms. The van der Waals surface area contributed by atoms with E-state index >= 15 is 0 Å². The highest BCUT2D eigenvalue weighted by atomic mass is 16.5. The highest BCUT2D eigenvalue weighted by Crippen LogP contribution is 2.34. The first-order valence-corrected chi connectivity index (χ1v) is 7.49. The molecule has 0 atom stereocenters. The molecule has 0 spiro atoms. The molecule has 0 bridgehead atoms. The predicted molar refractivity (Wildman–Crippen MR) is 85.1 cm³/mol. The van der Waals surface area contributed by atoms with Crippen LogP contribution < -0.4 is 9.47 Å². The molecule has 2 aromatic rings. The Morgan fingerprint density at radius 3 is 2.62 bits per heavy atom. The quantitative estimate of drug-likeness (QED) is 0.784. The number of ether oxygens (including phenoxy) is 2. The summed E-state index contributed by atoms with van der Waals surface area (Å²) in [5, 5.41) is 2.30. The van der Waals surface area contributed by atoms with Gasteiger partial charge < -0.3 is 9.47 Å². The van der Waals surface area contributed by atoms with Crippen LogP contribution in [-0.2, 0) is 6.42 Å². The van der Waals surface area contributed by atoms with E-state index in [4.69, 9.17) is 9.47 Å². The minimum atomic E-state index is 0.761. The average Bonchev–Trinajstić information content (AvgIpc) is 2.55. The first kappa shape index (κ1) is 13.9. The summed E-state index contributed by atoms with van der Waals surface area (Å²) in [6, 6.07) is 6.09. The number of methoxy groups -OCH3 is 2. The second-order valence-electron chi connectivity index (χ2n) is 5.47. The first-order chi connectivity index (χ1) is 10.3. The van der Waals surface area contributed by atoms with E-state index < -0.39 is 0 Å². The van der Waals surface area contributed by atoms with Gasteiger partial charge in [-0.25, -0.2) is 0 Å². The predicted octanol–water partition coefficient (Wildman–Crippen LogP) is 4.29. The van der Waals surface area contributed by atoms with Gasteiger partial charge in [-0.2, -0.15) is 0 Å². The minimum absolute atomic E-state index is 0.761. The molecule has 0 radical (unpaired) electrons. The molecule has 0 N–H and O–H groups in total. The fourth-order valence-electron chi connectivity index (χ4n) is 2.98. The molecule has 3 rings (SSSR count). The molecule has 0 aliphatic heterocycles. The van der Waals surface area contributed by atoms with Crippen molar-refractivity contribution in [3.63, 3.8) is 0 Å². The zero-order chi connectivity index (χ0) is 14.7. The SMILES string of the molecule is COc1cc2ccnc(CC3=CCCCC3)c2cc1OC. The molecule has 1 aliphatic carbocycles. The highest BCUT2D eigenvalue weighted by Gasteiger charge is 2.12. The van der Waals surface area contributed by atoms with Crippen molar-refractivity contribution in [2.24, 2.45) is 0 Å². The van der Waals surface area contributed by atoms with Crippen molar-refractivity contribution in [1.29, 1.82) is 0 Å². The maximum Gasteiger partial charge on any atom is 0.161 e. The second-order valence-corrected chi connectivity index (χ2v) is 5.47. The van der Waals surface area contributed by atoms with Crippen molar-refractivity contribution in [3.8, 4) is 11.5 Å². The van der Waals surface area contributed by atoms with Crippen LogP contribution in [0.3, 0.4) is 0 Å². The molecular formula is C18H21NO2. The molecule has 0 saturated carbocycles. The van der Waals surface area contributed by atoms with Crippen LogP contribution in [0.4, 0.5) is 0 Å². The van der Waals surface area contributed by atoms with E-state index in [1.807, 2.05) is 24.4 Å². The van der Waals surface area contributed by atoms with E-state index in [0.29, 0.717) is 0 Å². The van der Waals surface area contributed by atoms with Crippen molar-refractivity contribution < 1.29 is 9.47 Å². The number of pyridine rings is 1. The summed E-state index contributed by atoms with van der Waals surface area (Å²) in [5.74, 6) is 1.52. The van der Waals surface area contributed by atoms with Gasteiger partial charge in [0.05, 0.1) is 19.9 Å². The van der Waals surface area contributed by atoms with Gasteiger partial charge in [-0.15, -0.1) is 0 Å². The number of hydrogen-bond donors (Lipinski definition) is 0. The van der Waals surface area contributed by atoms with Crippen LogP contribution in [0.25, 0.3) is 10.8 Å². The Morgan fingerprint density at radius 2 is 1.90 bits per heavy atom. The Morgan fingerprint density at radius 1 is 1.10 bits per heavy atom. The zero-order valence-electron chi connectivity index (χ0n) is 12.7. The largest absolute Gasteiger partial charge is 0.493 e. The third-order valence-corrected chi connectivity index (χ3v) is 4.13. The summed E-state index contributed by atoms with van der Waals surface area (Å²) >= 11 is 0. The maximum atomic E-state index is 5.42. The van der Waals surface area contributed by atoms with Gasteiger partial charge in [0.2, 0.25) is 0 Å². The van der Waals surface area contributed by atoms with Gasteiger partial charge in [0, 0.05) is 18.0 Å². The molecule has 3 nitrogen and oxygen atoms in total. The lowest BCUT2D eigenvalue weighted by molar-refractivity contribution is 0.356. The van der Waals surface area contributed by atoms with E-state index in [2.05, 4.69) is 11.1 Å². The lowest BCUT2D eigenvalue weighted by Gasteiger charge is -2.15. The van der Waals surface area contributed by atoms with Gasteiger partial charge in [0.1, 0.15) is 0 Å². The monoisotopic (exact) mass is 283 g/mol. The first-order valence-electron chi connectivity index (χ1n) is 7.49. The summed E-state index contributed by atoms with van der Waals surface area (Å²) in [4.78, 5) is 4.59. The summed E-state index contributed by atoms with van der Waals surface area (Å²) in [6.45, 7) is 0. The van der Waals surface area contributed by atoms with E-state index in [1.165, 1.54) is 31.3 Å². The van der Waals surface area contributed by atoms with Crippen LogP contribution in [0.15, 0.2) is 36.0 Å². The Labute approximate surface area is 125 Å². The van der Waals surface area contributed by atoms with Crippen molar-refractivity contribution >= 4 is 10.8 Å². The van der Waals surface area contributed by atoms with Gasteiger partial charge in [-0.05, 0) is 49.3 Å². The number of benzene rings is 1. The maximum absolute atomic E-state index is 5.42. The molecule has 110 valence electrons. The number of fused-ring (bicyclic) bond motifs is 1. The second kappa shape index (κ2) is 6.17. The number of hydrogen-bond acceptors (Lipinski definition) is 3. The van der Waals surface area contributed by atoms with E-state index in [1.54, 1.807) is 14.2 Å². The molecule has 1 heterocycles. The van der Waals surface area contributed by atoms with Gasteiger partial charge in [0.25, 0.3) is 0 Å². The Kier molecular flexibility index (Phi) is 4.09. The Bertz CT molecular complexity index is 676. The van der Waals surface area contributed by atoms with Crippen LogP contribution in [0.5, 0.6) is 11.5 Å². The van der Waals surface area contributed by atoms with Crippen LogP contribution in [0.1, 0.15) is 31.4 Å². The van der Waals surface area contributed by atoms with Crippen LogP contribution in [0, 0.1) is 0 Å². The fraction of sp³-hybridized carbons (Fsp3) is 0.389. The highest BCUT2D eigenvalue weighted by molar-refractivity contribution is 5.88. The van der Waals surface area contributed by atoms with E-state index in [-0.39, 0.29) is 0 Å². The Balaban J connectivity index is 2.04. The van der Waals surface area contributed by atoms with Crippen molar-refractivity contribution in [2.45, 2.75) is 32.1 Å². The molecular weight excluding hydrogens is 262 g/mol. The van der Waals surface area contributed by atoms with E-state index in [0.717, 1.165) is 34.4 Å². The molecule has 0 saturated heterocycles. The van der Waals surface area contributed by atoms with E-state index in [9.17, 15) is 0 Å². The average molecular weight is 283 g/mol. The smallest absolute Gasteiger partial charge is 0.161 e. The molecule has 1 aromatic heterocycles. The van der Waals surface area contributed by atoms with Crippen LogP contribution in [-0.4, -0.2) is 19.2 Å².